The Morgan fingerprint density at radius 2 is 1.82 bits per heavy atom. The number of imidazole rings is 1. The maximum Gasteiger partial charge on any atom is 0.244 e. The zero-order valence-electron chi connectivity index (χ0n) is 15.8. The normalized spacial score (nSPS) is 10.8. The number of aryl methyl sites for hydroxylation is 1. The molecule has 5 heteroatoms. The number of nitrogens with zero attached hydrogens (tertiary/aromatic N) is 2. The van der Waals surface area contributed by atoms with Gasteiger partial charge in [-0.05, 0) is 61.0 Å². The predicted molar refractivity (Wildman–Crippen MR) is 112 cm³/mol. The number of carbonyl (C=O) groups is 1. The summed E-state index contributed by atoms with van der Waals surface area (Å²) in [6.07, 6.45) is 0. The van der Waals surface area contributed by atoms with Gasteiger partial charge in [0, 0.05) is 11.3 Å². The number of ether oxygens (including phenoxy) is 1. The van der Waals surface area contributed by atoms with Gasteiger partial charge in [-0.25, -0.2) is 4.98 Å². The average Bonchev–Trinajstić information content (AvgIpc) is 3.06. The van der Waals surface area contributed by atoms with Gasteiger partial charge < -0.3 is 14.6 Å². The fourth-order valence-corrected chi connectivity index (χ4v) is 3.26. The van der Waals surface area contributed by atoms with E-state index in [0.717, 1.165) is 39.4 Å². The van der Waals surface area contributed by atoms with E-state index in [4.69, 9.17) is 9.72 Å². The van der Waals surface area contributed by atoms with Crippen molar-refractivity contribution in [3.8, 4) is 17.1 Å². The second-order valence-corrected chi connectivity index (χ2v) is 6.66. The van der Waals surface area contributed by atoms with Crippen LogP contribution in [-0.4, -0.2) is 22.6 Å². The highest BCUT2D eigenvalue weighted by molar-refractivity contribution is 5.92. The van der Waals surface area contributed by atoms with E-state index in [-0.39, 0.29) is 12.5 Å². The number of methoxy groups -OCH3 is 1. The summed E-state index contributed by atoms with van der Waals surface area (Å²) in [5.41, 5.74) is 4.61. The number of amides is 1. The smallest absolute Gasteiger partial charge is 0.244 e. The fourth-order valence-electron chi connectivity index (χ4n) is 3.26. The van der Waals surface area contributed by atoms with Crippen LogP contribution in [0.2, 0.25) is 0 Å². The van der Waals surface area contributed by atoms with Crippen molar-refractivity contribution in [2.75, 3.05) is 12.4 Å². The molecule has 140 valence electrons. The van der Waals surface area contributed by atoms with E-state index in [1.165, 1.54) is 0 Å². The minimum absolute atomic E-state index is 0.0940. The molecule has 28 heavy (non-hydrogen) atoms. The van der Waals surface area contributed by atoms with Crippen molar-refractivity contribution in [3.63, 3.8) is 0 Å². The molecule has 1 amide bonds. The SMILES string of the molecule is COc1ccc(-c2nc3ccccc3n2CC(=O)Nc2cccc(C)c2)cc1. The van der Waals surface area contributed by atoms with Crippen molar-refractivity contribution in [1.82, 2.24) is 9.55 Å². The van der Waals surface area contributed by atoms with Crippen molar-refractivity contribution in [1.29, 1.82) is 0 Å². The van der Waals surface area contributed by atoms with Gasteiger partial charge in [0.2, 0.25) is 5.91 Å². The zero-order valence-corrected chi connectivity index (χ0v) is 15.8. The van der Waals surface area contributed by atoms with Crippen molar-refractivity contribution >= 4 is 22.6 Å². The number of nitrogens with one attached hydrogen (secondary N) is 1. The highest BCUT2D eigenvalue weighted by Gasteiger charge is 2.15. The lowest BCUT2D eigenvalue weighted by Crippen LogP contribution is -2.19. The number of fused-ring (bicyclic) bond motifs is 1. The molecule has 1 heterocycles. The summed E-state index contributed by atoms with van der Waals surface area (Å²) in [4.78, 5) is 17.5. The molecule has 0 saturated carbocycles. The van der Waals surface area contributed by atoms with Crippen LogP contribution in [-0.2, 0) is 11.3 Å². The highest BCUT2D eigenvalue weighted by Crippen LogP contribution is 2.26. The van der Waals surface area contributed by atoms with Crippen LogP contribution in [0, 0.1) is 6.92 Å². The lowest BCUT2D eigenvalue weighted by atomic mass is 10.2. The maximum atomic E-state index is 12.7. The maximum absolute atomic E-state index is 12.7. The Balaban J connectivity index is 1.69. The lowest BCUT2D eigenvalue weighted by Gasteiger charge is -2.11. The third-order valence-corrected chi connectivity index (χ3v) is 4.61. The van der Waals surface area contributed by atoms with E-state index >= 15 is 0 Å². The Morgan fingerprint density at radius 3 is 2.57 bits per heavy atom. The van der Waals surface area contributed by atoms with Gasteiger partial charge in [-0.2, -0.15) is 0 Å². The Kier molecular flexibility index (Phi) is 4.81. The van der Waals surface area contributed by atoms with Gasteiger partial charge in [0.15, 0.2) is 0 Å². The van der Waals surface area contributed by atoms with E-state index in [1.54, 1.807) is 7.11 Å². The lowest BCUT2D eigenvalue weighted by molar-refractivity contribution is -0.116. The first-order valence-electron chi connectivity index (χ1n) is 9.10. The van der Waals surface area contributed by atoms with Gasteiger partial charge in [0.1, 0.15) is 18.1 Å². The molecule has 1 aromatic heterocycles. The standard InChI is InChI=1S/C23H21N3O2/c1-16-6-5-7-18(14-16)24-22(27)15-26-21-9-4-3-8-20(21)25-23(26)17-10-12-19(28-2)13-11-17/h3-14H,15H2,1-2H3,(H,24,27). The molecule has 0 unspecified atom stereocenters. The molecule has 4 aromatic rings. The zero-order chi connectivity index (χ0) is 19.5. The number of hydrogen-bond acceptors (Lipinski definition) is 3. The van der Waals surface area contributed by atoms with Gasteiger partial charge in [-0.3, -0.25) is 4.79 Å². The molecule has 0 aliphatic rings. The molecule has 0 radical (unpaired) electrons. The molecule has 0 bridgehead atoms. The topological polar surface area (TPSA) is 56.2 Å². The molecule has 0 aliphatic heterocycles. The van der Waals surface area contributed by atoms with E-state index in [1.807, 2.05) is 84.3 Å². The minimum Gasteiger partial charge on any atom is -0.497 e. The summed E-state index contributed by atoms with van der Waals surface area (Å²) >= 11 is 0. The van der Waals surface area contributed by atoms with Crippen molar-refractivity contribution < 1.29 is 9.53 Å². The summed E-state index contributed by atoms with van der Waals surface area (Å²) in [5, 5.41) is 2.98. The molecule has 0 atom stereocenters. The predicted octanol–water partition coefficient (Wildman–Crippen LogP) is 4.66. The second kappa shape index (κ2) is 7.56. The van der Waals surface area contributed by atoms with Crippen molar-refractivity contribution in [2.45, 2.75) is 13.5 Å². The number of benzene rings is 3. The van der Waals surface area contributed by atoms with E-state index in [9.17, 15) is 4.79 Å². The van der Waals surface area contributed by atoms with Crippen molar-refractivity contribution in [2.24, 2.45) is 0 Å². The number of carbonyl (C=O) groups excluding carboxylic acids is 1. The van der Waals surface area contributed by atoms with Crippen LogP contribution in [0.1, 0.15) is 5.56 Å². The summed E-state index contributed by atoms with van der Waals surface area (Å²) in [5.74, 6) is 1.44. The third kappa shape index (κ3) is 3.60. The summed E-state index contributed by atoms with van der Waals surface area (Å²) in [6.45, 7) is 2.18. The molecule has 0 fully saturated rings. The number of anilines is 1. The molecule has 0 aliphatic carbocycles. The van der Waals surface area contributed by atoms with Crippen LogP contribution in [0.25, 0.3) is 22.4 Å². The van der Waals surface area contributed by atoms with Gasteiger partial charge in [-0.15, -0.1) is 0 Å². The fraction of sp³-hybridized carbons (Fsp3) is 0.130. The summed E-state index contributed by atoms with van der Waals surface area (Å²) in [7, 11) is 1.64. The first-order chi connectivity index (χ1) is 13.6. The second-order valence-electron chi connectivity index (χ2n) is 6.66. The van der Waals surface area contributed by atoms with Crippen LogP contribution < -0.4 is 10.1 Å². The first-order valence-corrected chi connectivity index (χ1v) is 9.10. The van der Waals surface area contributed by atoms with Gasteiger partial charge >= 0.3 is 0 Å². The van der Waals surface area contributed by atoms with Crippen LogP contribution in [0.5, 0.6) is 5.75 Å². The molecular formula is C23H21N3O2. The molecule has 5 nitrogen and oxygen atoms in total. The van der Waals surface area contributed by atoms with Gasteiger partial charge in [0.25, 0.3) is 0 Å². The molecule has 3 aromatic carbocycles. The Labute approximate surface area is 163 Å². The van der Waals surface area contributed by atoms with Crippen LogP contribution in [0.3, 0.4) is 0 Å². The Hall–Kier alpha value is -3.60. The molecule has 0 spiro atoms. The Morgan fingerprint density at radius 1 is 1.04 bits per heavy atom. The Bertz CT molecular complexity index is 1130. The number of rotatable bonds is 5. The summed E-state index contributed by atoms with van der Waals surface area (Å²) in [6, 6.07) is 23.3. The quantitative estimate of drug-likeness (QED) is 0.555. The molecular weight excluding hydrogens is 350 g/mol. The van der Waals surface area contributed by atoms with Crippen LogP contribution >= 0.6 is 0 Å². The monoisotopic (exact) mass is 371 g/mol. The molecule has 4 rings (SSSR count). The highest BCUT2D eigenvalue weighted by atomic mass is 16.5. The van der Waals surface area contributed by atoms with E-state index in [0.29, 0.717) is 0 Å². The number of aromatic nitrogens is 2. The van der Waals surface area contributed by atoms with Crippen molar-refractivity contribution in [3.05, 3.63) is 78.4 Å². The largest absolute Gasteiger partial charge is 0.497 e. The molecule has 1 N–H and O–H groups in total. The molecule has 0 saturated heterocycles. The number of para-hydroxylation sites is 2. The van der Waals surface area contributed by atoms with E-state index in [2.05, 4.69) is 5.32 Å². The number of hydrogen-bond donors (Lipinski definition) is 1. The summed E-state index contributed by atoms with van der Waals surface area (Å²) < 4.78 is 7.19. The third-order valence-electron chi connectivity index (χ3n) is 4.61. The van der Waals surface area contributed by atoms with Gasteiger partial charge in [0.05, 0.1) is 18.1 Å². The van der Waals surface area contributed by atoms with Gasteiger partial charge in [-0.1, -0.05) is 24.3 Å². The first kappa shape index (κ1) is 17.8. The average molecular weight is 371 g/mol. The minimum atomic E-state index is -0.0940. The van der Waals surface area contributed by atoms with Crippen LogP contribution in [0.15, 0.2) is 72.8 Å². The van der Waals surface area contributed by atoms with E-state index < -0.39 is 0 Å². The van der Waals surface area contributed by atoms with Crippen LogP contribution in [0.4, 0.5) is 5.69 Å².